The van der Waals surface area contributed by atoms with Crippen molar-refractivity contribution in [2.75, 3.05) is 0 Å². The Morgan fingerprint density at radius 3 is 2.50 bits per heavy atom. The molecule has 0 aliphatic rings. The average molecular weight is 210 g/mol. The summed E-state index contributed by atoms with van der Waals surface area (Å²) in [4.78, 5) is 28.0. The molecule has 0 unspecified atom stereocenters. The van der Waals surface area contributed by atoms with E-state index in [1.807, 2.05) is 0 Å². The fourth-order valence-corrected chi connectivity index (χ4v) is 1.48. The molecule has 16 heavy (non-hydrogen) atoms. The van der Waals surface area contributed by atoms with Gasteiger partial charge in [-0.1, -0.05) is 0 Å². The molecule has 0 aliphatic carbocycles. The number of hydrogen-bond acceptors (Lipinski definition) is 5. The molecule has 76 valence electrons. The first-order valence-electron chi connectivity index (χ1n) is 4.72. The van der Waals surface area contributed by atoms with Gasteiger partial charge in [-0.25, -0.2) is 19.9 Å². The molecule has 0 bridgehead atoms. The minimum absolute atomic E-state index is 0.335. The van der Waals surface area contributed by atoms with Crippen LogP contribution in [0.15, 0.2) is 41.5 Å². The van der Waals surface area contributed by atoms with Crippen LogP contribution >= 0.6 is 0 Å². The molecule has 3 aromatic rings. The van der Waals surface area contributed by atoms with Crippen molar-refractivity contribution in [3.63, 3.8) is 0 Å². The molecule has 0 aromatic carbocycles. The molecule has 3 heterocycles. The molecule has 5 heteroatoms. The SMILES string of the molecule is O=c1nc2cccnc2nc2ncccc12. The third kappa shape index (κ3) is 1.30. The van der Waals surface area contributed by atoms with E-state index in [0.717, 1.165) is 0 Å². The topological polar surface area (TPSA) is 68.6 Å². The lowest BCUT2D eigenvalue weighted by atomic mass is 10.3. The van der Waals surface area contributed by atoms with Crippen LogP contribution in [0.1, 0.15) is 0 Å². The maximum Gasteiger partial charge on any atom is 0.281 e. The number of aromatic nitrogens is 4. The van der Waals surface area contributed by atoms with E-state index >= 15 is 0 Å². The fourth-order valence-electron chi connectivity index (χ4n) is 1.48. The molecular formula is C11H6N4O. The molecule has 0 saturated carbocycles. The number of nitrogens with zero attached hydrogens (tertiary/aromatic N) is 4. The summed E-state index contributed by atoms with van der Waals surface area (Å²) in [5.41, 5.74) is 0.936. The molecule has 0 aliphatic heterocycles. The lowest BCUT2D eigenvalue weighted by Crippen LogP contribution is -2.02. The van der Waals surface area contributed by atoms with Crippen molar-refractivity contribution in [1.82, 2.24) is 19.9 Å². The minimum atomic E-state index is -0.335. The predicted octanol–water partition coefficient (Wildman–Crippen LogP) is 0.933. The third-order valence-electron chi connectivity index (χ3n) is 2.22. The number of fused-ring (bicyclic) bond motifs is 2. The Balaban J connectivity index is 2.65. The van der Waals surface area contributed by atoms with Gasteiger partial charge in [-0.15, -0.1) is 0 Å². The predicted molar refractivity (Wildman–Crippen MR) is 58.9 cm³/mol. The lowest BCUT2D eigenvalue weighted by Gasteiger charge is -1.87. The summed E-state index contributed by atoms with van der Waals surface area (Å²) in [6, 6.07) is 6.76. The normalized spacial score (nSPS) is 10.8. The largest absolute Gasteiger partial charge is 0.281 e. The highest BCUT2D eigenvalue weighted by molar-refractivity contribution is 5.79. The van der Waals surface area contributed by atoms with Gasteiger partial charge >= 0.3 is 0 Å². The molecule has 0 amide bonds. The van der Waals surface area contributed by atoms with Crippen LogP contribution in [0.4, 0.5) is 0 Å². The van der Waals surface area contributed by atoms with Gasteiger partial charge in [-0.2, -0.15) is 0 Å². The highest BCUT2D eigenvalue weighted by atomic mass is 16.1. The van der Waals surface area contributed by atoms with Crippen LogP contribution in [0.25, 0.3) is 22.2 Å². The summed E-state index contributed by atoms with van der Waals surface area (Å²) in [6.45, 7) is 0. The van der Waals surface area contributed by atoms with Gasteiger partial charge in [0.1, 0.15) is 5.52 Å². The summed E-state index contributed by atoms with van der Waals surface area (Å²) < 4.78 is 0. The third-order valence-corrected chi connectivity index (χ3v) is 2.22. The zero-order valence-corrected chi connectivity index (χ0v) is 8.16. The Labute approximate surface area is 89.8 Å². The zero-order valence-electron chi connectivity index (χ0n) is 8.16. The Morgan fingerprint density at radius 2 is 1.62 bits per heavy atom. The van der Waals surface area contributed by atoms with E-state index in [-0.39, 0.29) is 5.56 Å². The van der Waals surface area contributed by atoms with E-state index < -0.39 is 0 Å². The van der Waals surface area contributed by atoms with E-state index in [4.69, 9.17) is 0 Å². The molecule has 3 aromatic heterocycles. The van der Waals surface area contributed by atoms with E-state index in [2.05, 4.69) is 19.9 Å². The maximum atomic E-state index is 11.8. The summed E-state index contributed by atoms with van der Waals surface area (Å²) in [6.07, 6.45) is 3.19. The van der Waals surface area contributed by atoms with Crippen LogP contribution < -0.4 is 5.56 Å². The standard InChI is InChI=1S/C11H6N4O/c16-11-7-3-1-5-12-9(7)15-10-8(14-11)4-2-6-13-10/h1-6H. The fraction of sp³-hybridized carbons (Fsp3) is 0. The summed E-state index contributed by atoms with van der Waals surface area (Å²) in [7, 11) is 0. The van der Waals surface area contributed by atoms with Crippen LogP contribution in [-0.2, 0) is 0 Å². The highest BCUT2D eigenvalue weighted by Gasteiger charge is 2.02. The van der Waals surface area contributed by atoms with Gasteiger partial charge in [0.05, 0.1) is 5.39 Å². The maximum absolute atomic E-state index is 11.8. The molecule has 3 rings (SSSR count). The van der Waals surface area contributed by atoms with Crippen molar-refractivity contribution in [1.29, 1.82) is 0 Å². The van der Waals surface area contributed by atoms with Gasteiger partial charge in [-0.05, 0) is 24.3 Å². The average Bonchev–Trinajstić information content (AvgIpc) is 2.45. The van der Waals surface area contributed by atoms with Crippen LogP contribution in [0.5, 0.6) is 0 Å². The highest BCUT2D eigenvalue weighted by Crippen LogP contribution is 2.06. The smallest absolute Gasteiger partial charge is 0.267 e. The molecule has 0 radical (unpaired) electrons. The van der Waals surface area contributed by atoms with Gasteiger partial charge in [0, 0.05) is 12.4 Å². The van der Waals surface area contributed by atoms with Crippen LogP contribution in [0.2, 0.25) is 0 Å². The second kappa shape index (κ2) is 3.30. The minimum Gasteiger partial charge on any atom is -0.267 e. The second-order valence-electron chi connectivity index (χ2n) is 3.25. The Hall–Kier alpha value is -2.43. The molecule has 0 N–H and O–H groups in total. The van der Waals surface area contributed by atoms with Gasteiger partial charge < -0.3 is 0 Å². The van der Waals surface area contributed by atoms with Gasteiger partial charge in [0.25, 0.3) is 5.56 Å². The Morgan fingerprint density at radius 1 is 0.875 bits per heavy atom. The molecule has 0 atom stereocenters. The Bertz CT molecular complexity index is 742. The summed E-state index contributed by atoms with van der Waals surface area (Å²) in [5.74, 6) is 0. The Kier molecular flexibility index (Phi) is 1.83. The van der Waals surface area contributed by atoms with Crippen LogP contribution in [-0.4, -0.2) is 19.9 Å². The first-order valence-corrected chi connectivity index (χ1v) is 4.72. The zero-order chi connectivity index (χ0) is 11.0. The summed E-state index contributed by atoms with van der Waals surface area (Å²) in [5, 5.41) is 0.403. The van der Waals surface area contributed by atoms with E-state index in [1.165, 1.54) is 0 Å². The van der Waals surface area contributed by atoms with Gasteiger partial charge in [0.2, 0.25) is 0 Å². The van der Waals surface area contributed by atoms with E-state index in [0.29, 0.717) is 22.2 Å². The quantitative estimate of drug-likeness (QED) is 0.552. The van der Waals surface area contributed by atoms with Crippen molar-refractivity contribution in [2.45, 2.75) is 0 Å². The monoisotopic (exact) mass is 210 g/mol. The van der Waals surface area contributed by atoms with Crippen LogP contribution in [0, 0.1) is 0 Å². The van der Waals surface area contributed by atoms with E-state index in [9.17, 15) is 4.79 Å². The van der Waals surface area contributed by atoms with Gasteiger partial charge in [-0.3, -0.25) is 4.79 Å². The molecule has 0 spiro atoms. The van der Waals surface area contributed by atoms with Crippen LogP contribution in [0.3, 0.4) is 0 Å². The van der Waals surface area contributed by atoms with Crippen molar-refractivity contribution in [3.8, 4) is 0 Å². The van der Waals surface area contributed by atoms with Crippen molar-refractivity contribution in [3.05, 3.63) is 47.0 Å². The van der Waals surface area contributed by atoms with Crippen molar-refractivity contribution in [2.24, 2.45) is 0 Å². The molecular weight excluding hydrogens is 204 g/mol. The number of hydrogen-bond donors (Lipinski definition) is 0. The molecule has 0 fully saturated rings. The van der Waals surface area contributed by atoms with Crippen molar-refractivity contribution < 1.29 is 0 Å². The lowest BCUT2D eigenvalue weighted by molar-refractivity contribution is 1.27. The number of pyridine rings is 2. The first kappa shape index (κ1) is 8.84. The number of rotatable bonds is 0. The molecule has 0 saturated heterocycles. The second-order valence-corrected chi connectivity index (χ2v) is 3.25. The molecule has 5 nitrogen and oxygen atoms in total. The van der Waals surface area contributed by atoms with Gasteiger partial charge in [0.15, 0.2) is 11.3 Å². The summed E-state index contributed by atoms with van der Waals surface area (Å²) >= 11 is 0. The van der Waals surface area contributed by atoms with E-state index in [1.54, 1.807) is 36.7 Å². The first-order chi connectivity index (χ1) is 7.84. The van der Waals surface area contributed by atoms with Crippen molar-refractivity contribution >= 4 is 22.2 Å².